The van der Waals surface area contributed by atoms with Gasteiger partial charge in [-0.2, -0.15) is 0 Å². The van der Waals surface area contributed by atoms with Gasteiger partial charge in [0.2, 0.25) is 0 Å². The largest absolute Gasteiger partial charge is 0.492 e. The molecule has 0 unspecified atom stereocenters. The van der Waals surface area contributed by atoms with Crippen molar-refractivity contribution in [1.29, 1.82) is 0 Å². The van der Waals surface area contributed by atoms with Gasteiger partial charge in [-0.1, -0.05) is 4.49 Å². The SMILES string of the molecule is CCOc1cc(N2CCOCC2)c(OCC)cc1NC(=O)c1cnns1. The highest BCUT2D eigenvalue weighted by Crippen LogP contribution is 2.39. The molecule has 1 aromatic carbocycles. The second kappa shape index (κ2) is 8.81. The van der Waals surface area contributed by atoms with Crippen molar-refractivity contribution < 1.29 is 19.0 Å². The zero-order valence-corrected chi connectivity index (χ0v) is 15.7. The maximum absolute atomic E-state index is 12.4. The fourth-order valence-corrected chi connectivity index (χ4v) is 3.11. The molecule has 1 aromatic heterocycles. The molecule has 0 radical (unpaired) electrons. The summed E-state index contributed by atoms with van der Waals surface area (Å²) >= 11 is 1.04. The van der Waals surface area contributed by atoms with Crippen molar-refractivity contribution >= 4 is 28.8 Å². The van der Waals surface area contributed by atoms with Crippen LogP contribution in [-0.4, -0.2) is 55.0 Å². The van der Waals surface area contributed by atoms with Gasteiger partial charge in [-0.15, -0.1) is 5.10 Å². The molecule has 1 aliphatic heterocycles. The van der Waals surface area contributed by atoms with Crippen molar-refractivity contribution in [3.63, 3.8) is 0 Å². The number of anilines is 2. The van der Waals surface area contributed by atoms with Gasteiger partial charge in [0.1, 0.15) is 16.4 Å². The lowest BCUT2D eigenvalue weighted by atomic mass is 10.2. The zero-order chi connectivity index (χ0) is 18.4. The topological polar surface area (TPSA) is 85.8 Å². The summed E-state index contributed by atoms with van der Waals surface area (Å²) in [6.07, 6.45) is 1.44. The van der Waals surface area contributed by atoms with Crippen LogP contribution in [0.15, 0.2) is 18.3 Å². The summed E-state index contributed by atoms with van der Waals surface area (Å²) in [7, 11) is 0. The van der Waals surface area contributed by atoms with Crippen LogP contribution in [0.1, 0.15) is 23.5 Å². The second-order valence-electron chi connectivity index (χ2n) is 5.52. The molecule has 1 fully saturated rings. The number of nitrogens with zero attached hydrogens (tertiary/aromatic N) is 3. The highest BCUT2D eigenvalue weighted by atomic mass is 32.1. The van der Waals surface area contributed by atoms with Gasteiger partial charge < -0.3 is 24.4 Å². The molecule has 2 heterocycles. The van der Waals surface area contributed by atoms with E-state index in [0.29, 0.717) is 48.5 Å². The summed E-state index contributed by atoms with van der Waals surface area (Å²) in [6.45, 7) is 7.76. The Morgan fingerprint density at radius 3 is 2.62 bits per heavy atom. The average Bonchev–Trinajstić information content (AvgIpc) is 3.19. The van der Waals surface area contributed by atoms with E-state index in [4.69, 9.17) is 14.2 Å². The number of benzene rings is 1. The van der Waals surface area contributed by atoms with Crippen molar-refractivity contribution in [1.82, 2.24) is 9.59 Å². The van der Waals surface area contributed by atoms with Gasteiger partial charge in [-0.3, -0.25) is 4.79 Å². The van der Waals surface area contributed by atoms with Gasteiger partial charge in [-0.25, -0.2) is 0 Å². The molecule has 0 saturated carbocycles. The normalized spacial score (nSPS) is 14.2. The number of amides is 1. The van der Waals surface area contributed by atoms with Gasteiger partial charge >= 0.3 is 0 Å². The van der Waals surface area contributed by atoms with Crippen molar-refractivity contribution in [2.45, 2.75) is 13.8 Å². The van der Waals surface area contributed by atoms with E-state index in [1.807, 2.05) is 26.0 Å². The fraction of sp³-hybridized carbons (Fsp3) is 0.471. The monoisotopic (exact) mass is 378 g/mol. The van der Waals surface area contributed by atoms with E-state index in [1.54, 1.807) is 0 Å². The van der Waals surface area contributed by atoms with E-state index in [9.17, 15) is 4.79 Å². The fourth-order valence-electron chi connectivity index (χ4n) is 2.70. The summed E-state index contributed by atoms with van der Waals surface area (Å²) in [6, 6.07) is 3.73. The molecule has 0 aliphatic carbocycles. The van der Waals surface area contributed by atoms with Gasteiger partial charge in [0.15, 0.2) is 0 Å². The van der Waals surface area contributed by atoms with Crippen LogP contribution in [0.2, 0.25) is 0 Å². The number of ether oxygens (including phenoxy) is 3. The Balaban J connectivity index is 1.94. The maximum atomic E-state index is 12.4. The van der Waals surface area contributed by atoms with Gasteiger partial charge in [0.25, 0.3) is 5.91 Å². The van der Waals surface area contributed by atoms with Crippen molar-refractivity contribution in [3.05, 3.63) is 23.2 Å². The Kier molecular flexibility index (Phi) is 6.24. The molecule has 1 amide bonds. The standard InChI is InChI=1S/C17H22N4O4S/c1-3-24-14-10-13(21-5-7-23-8-6-21)15(25-4-2)9-12(14)19-17(22)16-11-18-20-26-16/h9-11H,3-8H2,1-2H3,(H,19,22). The predicted molar refractivity (Wildman–Crippen MR) is 99.7 cm³/mol. The predicted octanol–water partition coefficient (Wildman–Crippen LogP) is 2.42. The first-order valence-corrected chi connectivity index (χ1v) is 9.35. The number of morpholine rings is 1. The Hall–Kier alpha value is -2.39. The van der Waals surface area contributed by atoms with Crippen LogP contribution in [-0.2, 0) is 4.74 Å². The molecule has 1 N–H and O–H groups in total. The molecule has 9 heteroatoms. The minimum absolute atomic E-state index is 0.275. The lowest BCUT2D eigenvalue weighted by Crippen LogP contribution is -2.36. The highest BCUT2D eigenvalue weighted by molar-refractivity contribution is 7.07. The molecule has 0 bridgehead atoms. The lowest BCUT2D eigenvalue weighted by molar-refractivity contribution is 0.103. The molecular weight excluding hydrogens is 356 g/mol. The number of carbonyl (C=O) groups excluding carboxylic acids is 1. The third-order valence-electron chi connectivity index (χ3n) is 3.85. The lowest BCUT2D eigenvalue weighted by Gasteiger charge is -2.31. The molecule has 1 aliphatic rings. The first-order valence-electron chi connectivity index (χ1n) is 8.58. The van der Waals surface area contributed by atoms with Crippen LogP contribution >= 0.6 is 11.5 Å². The van der Waals surface area contributed by atoms with E-state index in [1.165, 1.54) is 6.20 Å². The molecule has 26 heavy (non-hydrogen) atoms. The summed E-state index contributed by atoms with van der Waals surface area (Å²) < 4.78 is 20.7. The number of hydrogen-bond acceptors (Lipinski definition) is 8. The molecule has 2 aromatic rings. The number of hydrogen-bond donors (Lipinski definition) is 1. The summed E-state index contributed by atoms with van der Waals surface area (Å²) in [5.41, 5.74) is 1.50. The van der Waals surface area contributed by atoms with E-state index < -0.39 is 0 Å². The molecule has 8 nitrogen and oxygen atoms in total. The smallest absolute Gasteiger partial charge is 0.269 e. The Morgan fingerprint density at radius 1 is 1.23 bits per heavy atom. The van der Waals surface area contributed by atoms with Gasteiger partial charge in [0.05, 0.1) is 44.0 Å². The Morgan fingerprint density at radius 2 is 1.96 bits per heavy atom. The van der Waals surface area contributed by atoms with Crippen molar-refractivity contribution in [3.8, 4) is 11.5 Å². The van der Waals surface area contributed by atoms with E-state index in [-0.39, 0.29) is 5.91 Å². The van der Waals surface area contributed by atoms with Crippen molar-refractivity contribution in [2.24, 2.45) is 0 Å². The molecule has 1 saturated heterocycles. The number of aromatic nitrogens is 2. The maximum Gasteiger partial charge on any atom is 0.269 e. The number of rotatable bonds is 7. The minimum atomic E-state index is -0.275. The Bertz CT molecular complexity index is 733. The van der Waals surface area contributed by atoms with E-state index in [0.717, 1.165) is 30.3 Å². The van der Waals surface area contributed by atoms with Crippen LogP contribution < -0.4 is 19.7 Å². The molecule has 0 spiro atoms. The van der Waals surface area contributed by atoms with E-state index in [2.05, 4.69) is 19.8 Å². The molecule has 140 valence electrons. The highest BCUT2D eigenvalue weighted by Gasteiger charge is 2.21. The number of carbonyl (C=O) groups is 1. The van der Waals surface area contributed by atoms with Gasteiger partial charge in [0, 0.05) is 25.2 Å². The van der Waals surface area contributed by atoms with Crippen LogP contribution in [0.5, 0.6) is 11.5 Å². The molecule has 3 rings (SSSR count). The van der Waals surface area contributed by atoms with E-state index >= 15 is 0 Å². The first-order chi connectivity index (χ1) is 12.7. The average molecular weight is 378 g/mol. The third kappa shape index (κ3) is 4.23. The second-order valence-corrected chi connectivity index (χ2v) is 6.30. The van der Waals surface area contributed by atoms with Crippen LogP contribution in [0.3, 0.4) is 0 Å². The number of nitrogens with one attached hydrogen (secondary N) is 1. The quantitative estimate of drug-likeness (QED) is 0.792. The summed E-state index contributed by atoms with van der Waals surface area (Å²) in [5, 5.41) is 6.57. The van der Waals surface area contributed by atoms with Crippen LogP contribution in [0.25, 0.3) is 0 Å². The van der Waals surface area contributed by atoms with Crippen LogP contribution in [0.4, 0.5) is 11.4 Å². The summed E-state index contributed by atoms with van der Waals surface area (Å²) in [5.74, 6) is 1.03. The van der Waals surface area contributed by atoms with Crippen LogP contribution in [0, 0.1) is 0 Å². The Labute approximate surface area is 156 Å². The third-order valence-corrected chi connectivity index (χ3v) is 4.51. The zero-order valence-electron chi connectivity index (χ0n) is 14.9. The molecule has 0 atom stereocenters. The molecular formula is C17H22N4O4S. The summed E-state index contributed by atoms with van der Waals surface area (Å²) in [4.78, 5) is 15.0. The minimum Gasteiger partial charge on any atom is -0.492 e. The first kappa shape index (κ1) is 18.4. The van der Waals surface area contributed by atoms with Crippen molar-refractivity contribution in [2.75, 3.05) is 49.7 Å². The van der Waals surface area contributed by atoms with Gasteiger partial charge in [-0.05, 0) is 25.4 Å².